The molecule has 0 aliphatic heterocycles. The minimum atomic E-state index is 0.257. The van der Waals surface area contributed by atoms with Gasteiger partial charge in [-0.05, 0) is 25.1 Å². The molecule has 0 aliphatic rings. The Morgan fingerprint density at radius 3 is 3.00 bits per heavy atom. The van der Waals surface area contributed by atoms with E-state index in [4.69, 9.17) is 0 Å². The Labute approximate surface area is 106 Å². The summed E-state index contributed by atoms with van der Waals surface area (Å²) in [5, 5.41) is 26.0. The molecule has 2 aromatic heterocycles. The van der Waals surface area contributed by atoms with Crippen LogP contribution in [0, 0.1) is 6.92 Å². The Balaban J connectivity index is 2.09. The molecule has 3 aromatic rings. The number of thiophene rings is 1. The molecule has 0 spiro atoms. The third kappa shape index (κ3) is 1.84. The molecule has 6 nitrogen and oxygen atoms in total. The molecular weight excluding hydrogens is 250 g/mol. The lowest BCUT2D eigenvalue weighted by molar-refractivity contribution is 0.482. The SMILES string of the molecule is Cc1cc2c(O)ccc(/N=N/c3nnc[nH]3)c2s1. The van der Waals surface area contributed by atoms with E-state index in [1.54, 1.807) is 23.5 Å². The Kier molecular flexibility index (Phi) is 2.52. The molecule has 0 bridgehead atoms. The van der Waals surface area contributed by atoms with Crippen molar-refractivity contribution in [2.45, 2.75) is 6.92 Å². The van der Waals surface area contributed by atoms with Crippen LogP contribution in [-0.4, -0.2) is 20.3 Å². The van der Waals surface area contributed by atoms with Crippen LogP contribution in [-0.2, 0) is 0 Å². The van der Waals surface area contributed by atoms with Gasteiger partial charge in [0.1, 0.15) is 17.8 Å². The molecule has 0 atom stereocenters. The zero-order chi connectivity index (χ0) is 12.5. The first kappa shape index (κ1) is 10.8. The maximum atomic E-state index is 9.77. The second kappa shape index (κ2) is 4.19. The quantitative estimate of drug-likeness (QED) is 0.691. The summed E-state index contributed by atoms with van der Waals surface area (Å²) in [6.07, 6.45) is 1.44. The second-order valence-electron chi connectivity index (χ2n) is 3.72. The number of aromatic hydroxyl groups is 1. The molecule has 3 rings (SSSR count). The lowest BCUT2D eigenvalue weighted by Gasteiger charge is -1.97. The average molecular weight is 259 g/mol. The van der Waals surface area contributed by atoms with E-state index in [2.05, 4.69) is 25.4 Å². The van der Waals surface area contributed by atoms with Crippen molar-refractivity contribution < 1.29 is 5.11 Å². The fraction of sp³-hybridized carbons (Fsp3) is 0.0909. The average Bonchev–Trinajstić information content (AvgIpc) is 2.97. The lowest BCUT2D eigenvalue weighted by Crippen LogP contribution is -1.69. The molecule has 0 radical (unpaired) electrons. The van der Waals surface area contributed by atoms with Gasteiger partial charge in [-0.15, -0.1) is 31.8 Å². The molecule has 0 unspecified atom stereocenters. The second-order valence-corrected chi connectivity index (χ2v) is 4.97. The summed E-state index contributed by atoms with van der Waals surface area (Å²) < 4.78 is 0.913. The number of rotatable bonds is 2. The Hall–Kier alpha value is -2.28. The molecule has 7 heteroatoms. The van der Waals surface area contributed by atoms with Crippen LogP contribution in [0.5, 0.6) is 5.75 Å². The van der Waals surface area contributed by atoms with Crippen molar-refractivity contribution >= 4 is 33.1 Å². The molecule has 0 amide bonds. The molecule has 0 aliphatic carbocycles. The van der Waals surface area contributed by atoms with Crippen molar-refractivity contribution in [1.29, 1.82) is 0 Å². The van der Waals surface area contributed by atoms with Gasteiger partial charge in [0.05, 0.1) is 4.70 Å². The summed E-state index contributed by atoms with van der Waals surface area (Å²) in [5.41, 5.74) is 0.706. The molecule has 2 N–H and O–H groups in total. The molecule has 0 saturated carbocycles. The first-order valence-corrected chi connectivity index (χ1v) is 6.05. The zero-order valence-electron chi connectivity index (χ0n) is 9.45. The van der Waals surface area contributed by atoms with Crippen LogP contribution in [0.1, 0.15) is 4.88 Å². The smallest absolute Gasteiger partial charge is 0.267 e. The predicted molar refractivity (Wildman–Crippen MR) is 68.8 cm³/mol. The van der Waals surface area contributed by atoms with E-state index in [1.807, 2.05) is 13.0 Å². The Bertz CT molecular complexity index is 716. The summed E-state index contributed by atoms with van der Waals surface area (Å²) >= 11 is 1.57. The van der Waals surface area contributed by atoms with Crippen LogP contribution in [0.4, 0.5) is 11.6 Å². The monoisotopic (exact) mass is 259 g/mol. The number of aromatic amines is 1. The topological polar surface area (TPSA) is 86.5 Å². The van der Waals surface area contributed by atoms with Crippen molar-refractivity contribution in [2.75, 3.05) is 0 Å². The van der Waals surface area contributed by atoms with Crippen LogP contribution in [0.3, 0.4) is 0 Å². The van der Waals surface area contributed by atoms with Crippen molar-refractivity contribution in [1.82, 2.24) is 15.2 Å². The first-order valence-electron chi connectivity index (χ1n) is 5.24. The fourth-order valence-corrected chi connectivity index (χ4v) is 2.63. The van der Waals surface area contributed by atoms with Crippen LogP contribution < -0.4 is 0 Å². The van der Waals surface area contributed by atoms with E-state index in [9.17, 15) is 5.11 Å². The number of hydrogen-bond donors (Lipinski definition) is 2. The van der Waals surface area contributed by atoms with Crippen molar-refractivity contribution in [3.05, 3.63) is 29.4 Å². The number of hydrogen-bond acceptors (Lipinski definition) is 6. The zero-order valence-corrected chi connectivity index (χ0v) is 10.3. The van der Waals surface area contributed by atoms with E-state index in [-0.39, 0.29) is 5.75 Å². The van der Waals surface area contributed by atoms with E-state index >= 15 is 0 Å². The van der Waals surface area contributed by atoms with Gasteiger partial charge in [-0.1, -0.05) is 0 Å². The van der Waals surface area contributed by atoms with Crippen LogP contribution >= 0.6 is 11.3 Å². The number of aromatic nitrogens is 3. The van der Waals surface area contributed by atoms with E-state index in [0.29, 0.717) is 11.6 Å². The molecule has 1 aromatic carbocycles. The predicted octanol–water partition coefficient (Wildman–Crippen LogP) is 3.45. The van der Waals surface area contributed by atoms with Gasteiger partial charge < -0.3 is 10.1 Å². The van der Waals surface area contributed by atoms with Gasteiger partial charge in [-0.2, -0.15) is 0 Å². The van der Waals surface area contributed by atoms with E-state index in [1.165, 1.54) is 6.33 Å². The number of aryl methyl sites for hydroxylation is 1. The van der Waals surface area contributed by atoms with E-state index < -0.39 is 0 Å². The molecule has 0 fully saturated rings. The van der Waals surface area contributed by atoms with Gasteiger partial charge >= 0.3 is 0 Å². The van der Waals surface area contributed by atoms with E-state index in [0.717, 1.165) is 15.0 Å². The van der Waals surface area contributed by atoms with Crippen LogP contribution in [0.25, 0.3) is 10.1 Å². The third-order valence-electron chi connectivity index (χ3n) is 2.42. The molecular formula is C11H9N5OS. The maximum absolute atomic E-state index is 9.77. The van der Waals surface area contributed by atoms with Crippen LogP contribution in [0.15, 0.2) is 34.8 Å². The number of phenolic OH excluding ortho intramolecular Hbond substituents is 1. The largest absolute Gasteiger partial charge is 0.507 e. The highest BCUT2D eigenvalue weighted by Crippen LogP contribution is 2.38. The van der Waals surface area contributed by atoms with Crippen LogP contribution in [0.2, 0.25) is 0 Å². The van der Waals surface area contributed by atoms with Gasteiger partial charge in [-0.25, -0.2) is 0 Å². The maximum Gasteiger partial charge on any atom is 0.267 e. The molecule has 90 valence electrons. The summed E-state index contributed by atoms with van der Waals surface area (Å²) in [4.78, 5) is 3.86. The Morgan fingerprint density at radius 2 is 2.22 bits per heavy atom. The highest BCUT2D eigenvalue weighted by molar-refractivity contribution is 7.19. The number of H-pyrrole nitrogens is 1. The summed E-state index contributed by atoms with van der Waals surface area (Å²) in [6.45, 7) is 1.99. The Morgan fingerprint density at radius 1 is 1.33 bits per heavy atom. The molecule has 18 heavy (non-hydrogen) atoms. The summed E-state index contributed by atoms with van der Waals surface area (Å²) in [5.74, 6) is 0.609. The number of fused-ring (bicyclic) bond motifs is 1. The van der Waals surface area contributed by atoms with Gasteiger partial charge in [0.2, 0.25) is 0 Å². The molecule has 0 saturated heterocycles. The normalized spacial score (nSPS) is 11.6. The number of nitrogens with one attached hydrogen (secondary N) is 1. The number of azo groups is 1. The minimum Gasteiger partial charge on any atom is -0.507 e. The first-order chi connectivity index (χ1) is 8.74. The van der Waals surface area contributed by atoms with Crippen molar-refractivity contribution in [3.8, 4) is 5.75 Å². The van der Waals surface area contributed by atoms with Crippen molar-refractivity contribution in [3.63, 3.8) is 0 Å². The highest BCUT2D eigenvalue weighted by Gasteiger charge is 2.08. The van der Waals surface area contributed by atoms with Gasteiger partial charge in [0.25, 0.3) is 5.95 Å². The molecule has 2 heterocycles. The number of benzene rings is 1. The minimum absolute atomic E-state index is 0.257. The number of phenols is 1. The van der Waals surface area contributed by atoms with Crippen molar-refractivity contribution in [2.24, 2.45) is 10.2 Å². The standard InChI is InChI=1S/C11H9N5OS/c1-6-4-7-9(17)3-2-8(10(7)18-6)14-16-11-12-5-13-15-11/h2-5,17H,1H3,(H,12,13,15)/b16-14+. The fourth-order valence-electron chi connectivity index (χ4n) is 1.65. The lowest BCUT2D eigenvalue weighted by atomic mass is 10.2. The highest BCUT2D eigenvalue weighted by atomic mass is 32.1. The summed E-state index contributed by atoms with van der Waals surface area (Å²) in [7, 11) is 0. The third-order valence-corrected chi connectivity index (χ3v) is 3.49. The number of nitrogens with zero attached hydrogens (tertiary/aromatic N) is 4. The van der Waals surface area contributed by atoms with Gasteiger partial charge in [-0.3, -0.25) is 0 Å². The van der Waals surface area contributed by atoms with Gasteiger partial charge in [0, 0.05) is 10.3 Å². The van der Waals surface area contributed by atoms with Gasteiger partial charge in [0.15, 0.2) is 0 Å². The summed E-state index contributed by atoms with van der Waals surface area (Å²) in [6, 6.07) is 5.28.